The van der Waals surface area contributed by atoms with Crippen molar-refractivity contribution in [3.05, 3.63) is 77.1 Å². The predicted octanol–water partition coefficient (Wildman–Crippen LogP) is 3.78. The van der Waals surface area contributed by atoms with E-state index in [4.69, 9.17) is 14.0 Å². The molecule has 0 atom stereocenters. The number of carbonyl (C=O) groups is 2. The van der Waals surface area contributed by atoms with Gasteiger partial charge in [-0.3, -0.25) is 9.78 Å². The molecule has 0 spiro atoms. The number of pyridine rings is 1. The second kappa shape index (κ2) is 9.47. The van der Waals surface area contributed by atoms with Crippen LogP contribution in [0.3, 0.4) is 0 Å². The molecule has 2 aromatic heterocycles. The van der Waals surface area contributed by atoms with Crippen molar-refractivity contribution in [2.24, 2.45) is 0 Å². The monoisotopic (exact) mass is 446 g/mol. The van der Waals surface area contributed by atoms with E-state index in [0.717, 1.165) is 5.56 Å². The lowest BCUT2D eigenvalue weighted by atomic mass is 10.1. The van der Waals surface area contributed by atoms with Gasteiger partial charge in [0.1, 0.15) is 5.75 Å². The van der Waals surface area contributed by atoms with Crippen LogP contribution in [-0.2, 0) is 22.6 Å². The van der Waals surface area contributed by atoms with E-state index in [-0.39, 0.29) is 30.7 Å². The second-order valence-electron chi connectivity index (χ2n) is 7.44. The van der Waals surface area contributed by atoms with Crippen molar-refractivity contribution >= 4 is 28.5 Å². The molecule has 0 aliphatic heterocycles. The number of nitrogens with one attached hydrogen (secondary N) is 1. The molecule has 33 heavy (non-hydrogen) atoms. The number of carbonyl (C=O) groups excluding carboxylic acids is 2. The van der Waals surface area contributed by atoms with Crippen molar-refractivity contribution in [2.75, 3.05) is 12.4 Å². The smallest absolute Gasteiger partial charge is 0.339 e. The lowest BCUT2D eigenvalue weighted by Gasteiger charge is -2.08. The summed E-state index contributed by atoms with van der Waals surface area (Å²) in [5, 5.41) is 7.24. The highest BCUT2D eigenvalue weighted by Gasteiger charge is 2.17. The molecule has 9 heteroatoms. The van der Waals surface area contributed by atoms with Crippen LogP contribution >= 0.6 is 0 Å². The fraction of sp³-hybridized carbons (Fsp3) is 0.208. The number of rotatable bonds is 7. The lowest BCUT2D eigenvalue weighted by molar-refractivity contribution is -0.115. The third kappa shape index (κ3) is 5.15. The van der Waals surface area contributed by atoms with E-state index >= 15 is 0 Å². The molecule has 1 amide bonds. The molecule has 0 unspecified atom stereocenters. The van der Waals surface area contributed by atoms with Gasteiger partial charge in [0, 0.05) is 11.1 Å². The topological polar surface area (TPSA) is 116 Å². The number of aryl methyl sites for hydroxylation is 2. The second-order valence-corrected chi connectivity index (χ2v) is 7.44. The van der Waals surface area contributed by atoms with Gasteiger partial charge in [0.15, 0.2) is 12.4 Å². The highest BCUT2D eigenvalue weighted by atomic mass is 16.6. The number of hydrogen-bond acceptors (Lipinski definition) is 8. The van der Waals surface area contributed by atoms with E-state index in [1.165, 1.54) is 7.11 Å². The number of anilines is 1. The van der Waals surface area contributed by atoms with Crippen LogP contribution in [0.5, 0.6) is 5.75 Å². The molecule has 4 rings (SSSR count). The number of nitrogens with zero attached hydrogens (tertiary/aromatic N) is 3. The Morgan fingerprint density at radius 1 is 1.06 bits per heavy atom. The van der Waals surface area contributed by atoms with Gasteiger partial charge in [-0.25, -0.2) is 4.79 Å². The fourth-order valence-corrected chi connectivity index (χ4v) is 3.35. The standard InChI is InChI=1S/C24H22N4O5/c1-14-8-9-18-16(10-14)17(11-15(2)25-18)24(30)32-13-23-27-21(28-33-23)12-22(29)26-19-6-4-5-7-20(19)31-3/h4-11H,12-13H2,1-3H3,(H,26,29). The van der Waals surface area contributed by atoms with E-state index in [1.807, 2.05) is 32.0 Å². The molecule has 0 aliphatic rings. The Labute approximate surface area is 189 Å². The average Bonchev–Trinajstić information content (AvgIpc) is 3.24. The molecule has 9 nitrogen and oxygen atoms in total. The molecular formula is C24H22N4O5. The molecule has 0 bridgehead atoms. The molecule has 0 radical (unpaired) electrons. The van der Waals surface area contributed by atoms with Crippen molar-refractivity contribution in [1.29, 1.82) is 0 Å². The summed E-state index contributed by atoms with van der Waals surface area (Å²) in [6, 6.07) is 14.4. The van der Waals surface area contributed by atoms with Crippen LogP contribution in [0.1, 0.15) is 33.3 Å². The zero-order chi connectivity index (χ0) is 23.4. The van der Waals surface area contributed by atoms with Crippen LogP contribution in [0.25, 0.3) is 10.9 Å². The number of methoxy groups -OCH3 is 1. The number of aromatic nitrogens is 3. The molecule has 0 aliphatic carbocycles. The van der Waals surface area contributed by atoms with Crippen LogP contribution in [0.2, 0.25) is 0 Å². The largest absolute Gasteiger partial charge is 0.495 e. The predicted molar refractivity (Wildman–Crippen MR) is 120 cm³/mol. The van der Waals surface area contributed by atoms with Crippen LogP contribution in [0.15, 0.2) is 53.1 Å². The molecule has 0 fully saturated rings. The summed E-state index contributed by atoms with van der Waals surface area (Å²) >= 11 is 0. The minimum absolute atomic E-state index is 0.0923. The SMILES string of the molecule is COc1ccccc1NC(=O)Cc1noc(COC(=O)c2cc(C)nc3ccc(C)cc23)n1. The minimum Gasteiger partial charge on any atom is -0.495 e. The Bertz CT molecular complexity index is 1330. The molecule has 1 N–H and O–H groups in total. The van der Waals surface area contributed by atoms with Gasteiger partial charge in [-0.05, 0) is 44.2 Å². The highest BCUT2D eigenvalue weighted by Crippen LogP contribution is 2.23. The zero-order valence-electron chi connectivity index (χ0n) is 18.4. The molecular weight excluding hydrogens is 424 g/mol. The van der Waals surface area contributed by atoms with Crippen molar-refractivity contribution < 1.29 is 23.6 Å². The zero-order valence-corrected chi connectivity index (χ0v) is 18.4. The van der Waals surface area contributed by atoms with E-state index in [2.05, 4.69) is 20.4 Å². The Morgan fingerprint density at radius 3 is 2.70 bits per heavy atom. The number of para-hydroxylation sites is 2. The molecule has 168 valence electrons. The Morgan fingerprint density at radius 2 is 1.88 bits per heavy atom. The summed E-state index contributed by atoms with van der Waals surface area (Å²) in [5.41, 5.74) is 3.39. The van der Waals surface area contributed by atoms with Crippen molar-refractivity contribution in [3.8, 4) is 5.75 Å². The van der Waals surface area contributed by atoms with Gasteiger partial charge in [0.2, 0.25) is 5.91 Å². The molecule has 0 saturated heterocycles. The van der Waals surface area contributed by atoms with Crippen molar-refractivity contribution in [1.82, 2.24) is 15.1 Å². The average molecular weight is 446 g/mol. The highest BCUT2D eigenvalue weighted by molar-refractivity contribution is 6.03. The quantitative estimate of drug-likeness (QED) is 0.426. The first-order chi connectivity index (χ1) is 15.9. The van der Waals surface area contributed by atoms with E-state index in [9.17, 15) is 9.59 Å². The van der Waals surface area contributed by atoms with Gasteiger partial charge in [0.25, 0.3) is 5.89 Å². The van der Waals surface area contributed by atoms with Crippen molar-refractivity contribution in [2.45, 2.75) is 26.9 Å². The number of fused-ring (bicyclic) bond motifs is 1. The van der Waals surface area contributed by atoms with E-state index in [1.54, 1.807) is 30.3 Å². The maximum atomic E-state index is 12.7. The fourth-order valence-electron chi connectivity index (χ4n) is 3.35. The maximum Gasteiger partial charge on any atom is 0.339 e. The third-order valence-electron chi connectivity index (χ3n) is 4.85. The van der Waals surface area contributed by atoms with Gasteiger partial charge in [-0.15, -0.1) is 0 Å². The summed E-state index contributed by atoms with van der Waals surface area (Å²) < 4.78 is 15.7. The summed E-state index contributed by atoms with van der Waals surface area (Å²) in [5.74, 6) is -0.0488. The van der Waals surface area contributed by atoms with Crippen LogP contribution < -0.4 is 10.1 Å². The summed E-state index contributed by atoms with van der Waals surface area (Å²) in [6.07, 6.45) is -0.108. The van der Waals surface area contributed by atoms with Gasteiger partial charge < -0.3 is 19.3 Å². The molecule has 0 saturated carbocycles. The first kappa shape index (κ1) is 21.9. The van der Waals surface area contributed by atoms with Crippen LogP contribution in [0.4, 0.5) is 5.69 Å². The summed E-state index contributed by atoms with van der Waals surface area (Å²) in [6.45, 7) is 3.55. The molecule has 4 aromatic rings. The lowest BCUT2D eigenvalue weighted by Crippen LogP contribution is -2.15. The first-order valence-corrected chi connectivity index (χ1v) is 10.2. The number of benzene rings is 2. The first-order valence-electron chi connectivity index (χ1n) is 10.2. The number of amides is 1. The third-order valence-corrected chi connectivity index (χ3v) is 4.85. The summed E-state index contributed by atoms with van der Waals surface area (Å²) in [4.78, 5) is 33.6. The van der Waals surface area contributed by atoms with E-state index in [0.29, 0.717) is 33.6 Å². The van der Waals surface area contributed by atoms with Crippen molar-refractivity contribution in [3.63, 3.8) is 0 Å². The Kier molecular flexibility index (Phi) is 6.30. The normalized spacial score (nSPS) is 10.8. The minimum atomic E-state index is -0.523. The maximum absolute atomic E-state index is 12.7. The van der Waals surface area contributed by atoms with E-state index < -0.39 is 5.97 Å². The summed E-state index contributed by atoms with van der Waals surface area (Å²) in [7, 11) is 1.52. The van der Waals surface area contributed by atoms with Gasteiger partial charge in [0.05, 0.1) is 30.3 Å². The Hall–Kier alpha value is -4.27. The van der Waals surface area contributed by atoms with Gasteiger partial charge >= 0.3 is 5.97 Å². The van der Waals surface area contributed by atoms with Gasteiger partial charge in [-0.2, -0.15) is 4.98 Å². The number of hydrogen-bond donors (Lipinski definition) is 1. The Balaban J connectivity index is 1.39. The molecule has 2 heterocycles. The van der Waals surface area contributed by atoms with Crippen LogP contribution in [-0.4, -0.2) is 34.1 Å². The number of esters is 1. The molecule has 2 aromatic carbocycles. The van der Waals surface area contributed by atoms with Gasteiger partial charge in [-0.1, -0.05) is 28.9 Å². The number of ether oxygens (including phenoxy) is 2. The van der Waals surface area contributed by atoms with Crippen LogP contribution in [0, 0.1) is 13.8 Å².